The van der Waals surface area contributed by atoms with E-state index in [0.29, 0.717) is 32.4 Å². The number of halogens is 1. The zero-order valence-electron chi connectivity index (χ0n) is 21.1. The Morgan fingerprint density at radius 1 is 1.13 bits per heavy atom. The van der Waals surface area contributed by atoms with Gasteiger partial charge in [0.25, 0.3) is 11.6 Å². The van der Waals surface area contributed by atoms with Crippen LogP contribution in [0, 0.1) is 16.0 Å². The first-order chi connectivity index (χ1) is 18.2. The van der Waals surface area contributed by atoms with Gasteiger partial charge < -0.3 is 9.47 Å². The Kier molecular flexibility index (Phi) is 8.85. The van der Waals surface area contributed by atoms with Gasteiger partial charge in [-0.15, -0.1) is 0 Å². The van der Waals surface area contributed by atoms with Crippen molar-refractivity contribution in [2.45, 2.75) is 20.5 Å². The first-order valence-electron chi connectivity index (χ1n) is 11.8. The Labute approximate surface area is 233 Å². The number of thioether (sulfide) groups is 1. The molecule has 8 nitrogen and oxygen atoms in total. The van der Waals surface area contributed by atoms with Gasteiger partial charge in [0.05, 0.1) is 27.1 Å². The molecule has 0 aromatic heterocycles. The molecule has 0 aliphatic carbocycles. The van der Waals surface area contributed by atoms with Gasteiger partial charge in [-0.25, -0.2) is 4.99 Å². The van der Waals surface area contributed by atoms with E-state index < -0.39 is 4.92 Å². The fraction of sp³-hybridized carbons (Fsp3) is 0.214. The third-order valence-electron chi connectivity index (χ3n) is 5.50. The minimum Gasteiger partial charge on any atom is -0.497 e. The SMILES string of the molecule is COc1ccc(N=C2SC(=Cc3ccc(OCc4cccc([N+](=O)[O-])c4)c(Br)c3)C(=O)N2CC(C)C)cc1. The predicted octanol–water partition coefficient (Wildman–Crippen LogP) is 7.20. The van der Waals surface area contributed by atoms with Crippen LogP contribution < -0.4 is 9.47 Å². The first kappa shape index (κ1) is 27.4. The van der Waals surface area contributed by atoms with Crippen molar-refractivity contribution in [1.29, 1.82) is 0 Å². The number of benzene rings is 3. The van der Waals surface area contributed by atoms with Crippen LogP contribution in [-0.4, -0.2) is 34.6 Å². The summed E-state index contributed by atoms with van der Waals surface area (Å²) >= 11 is 4.88. The Morgan fingerprint density at radius 2 is 1.89 bits per heavy atom. The molecule has 1 aliphatic heterocycles. The predicted molar refractivity (Wildman–Crippen MR) is 154 cm³/mol. The maximum atomic E-state index is 13.3. The smallest absolute Gasteiger partial charge is 0.269 e. The van der Waals surface area contributed by atoms with Crippen molar-refractivity contribution in [1.82, 2.24) is 4.90 Å². The van der Waals surface area contributed by atoms with E-state index in [9.17, 15) is 14.9 Å². The quantitative estimate of drug-likeness (QED) is 0.147. The molecule has 0 spiro atoms. The number of amides is 1. The molecule has 0 atom stereocenters. The Morgan fingerprint density at radius 3 is 2.55 bits per heavy atom. The third-order valence-corrected chi connectivity index (χ3v) is 7.13. The molecule has 38 heavy (non-hydrogen) atoms. The van der Waals surface area contributed by atoms with Crippen LogP contribution in [0.1, 0.15) is 25.0 Å². The maximum Gasteiger partial charge on any atom is 0.269 e. The molecule has 3 aromatic rings. The first-order valence-corrected chi connectivity index (χ1v) is 13.4. The van der Waals surface area contributed by atoms with Gasteiger partial charge >= 0.3 is 0 Å². The highest BCUT2D eigenvalue weighted by molar-refractivity contribution is 9.10. The number of ether oxygens (including phenoxy) is 2. The van der Waals surface area contributed by atoms with Gasteiger partial charge in [-0.05, 0) is 87.2 Å². The summed E-state index contributed by atoms with van der Waals surface area (Å²) in [5.74, 6) is 1.52. The third kappa shape index (κ3) is 6.81. The number of nitro groups is 1. The van der Waals surface area contributed by atoms with Crippen LogP contribution in [0.25, 0.3) is 6.08 Å². The number of amidine groups is 1. The van der Waals surface area contributed by atoms with Gasteiger partial charge in [0, 0.05) is 18.7 Å². The molecule has 1 fully saturated rings. The molecule has 3 aromatic carbocycles. The lowest BCUT2D eigenvalue weighted by Crippen LogP contribution is -2.32. The summed E-state index contributed by atoms with van der Waals surface area (Å²) in [4.78, 5) is 30.9. The van der Waals surface area contributed by atoms with Crippen molar-refractivity contribution in [3.05, 3.63) is 97.3 Å². The van der Waals surface area contributed by atoms with Crippen molar-refractivity contribution < 1.29 is 19.2 Å². The van der Waals surface area contributed by atoms with Crippen molar-refractivity contribution in [3.63, 3.8) is 0 Å². The largest absolute Gasteiger partial charge is 0.497 e. The summed E-state index contributed by atoms with van der Waals surface area (Å²) in [6.07, 6.45) is 1.84. The summed E-state index contributed by atoms with van der Waals surface area (Å²) in [5, 5.41) is 11.6. The highest BCUT2D eigenvalue weighted by Gasteiger charge is 2.33. The number of carbonyl (C=O) groups is 1. The summed E-state index contributed by atoms with van der Waals surface area (Å²) in [6.45, 7) is 4.87. The van der Waals surface area contributed by atoms with E-state index in [1.54, 1.807) is 30.2 Å². The summed E-state index contributed by atoms with van der Waals surface area (Å²) < 4.78 is 11.8. The number of hydrogen-bond acceptors (Lipinski definition) is 7. The summed E-state index contributed by atoms with van der Waals surface area (Å²) in [5.41, 5.74) is 2.28. The van der Waals surface area contributed by atoms with E-state index in [1.165, 1.54) is 23.9 Å². The monoisotopic (exact) mass is 595 g/mol. The lowest BCUT2D eigenvalue weighted by molar-refractivity contribution is -0.384. The van der Waals surface area contributed by atoms with E-state index in [0.717, 1.165) is 17.0 Å². The average Bonchev–Trinajstić information content (AvgIpc) is 3.17. The molecule has 1 aliphatic rings. The number of hydrogen-bond donors (Lipinski definition) is 0. The number of aliphatic imine (C=N–C) groups is 1. The van der Waals surface area contributed by atoms with E-state index >= 15 is 0 Å². The van der Waals surface area contributed by atoms with Crippen LogP contribution in [0.2, 0.25) is 0 Å². The van der Waals surface area contributed by atoms with E-state index in [-0.39, 0.29) is 24.1 Å². The lowest BCUT2D eigenvalue weighted by atomic mass is 10.2. The van der Waals surface area contributed by atoms with E-state index in [2.05, 4.69) is 29.8 Å². The fourth-order valence-electron chi connectivity index (χ4n) is 3.68. The molecular formula is C28H26BrN3O5S. The molecule has 196 valence electrons. The van der Waals surface area contributed by atoms with Crippen LogP contribution in [-0.2, 0) is 11.4 Å². The van der Waals surface area contributed by atoms with Gasteiger partial charge in [0.2, 0.25) is 0 Å². The van der Waals surface area contributed by atoms with Crippen molar-refractivity contribution in [2.75, 3.05) is 13.7 Å². The highest BCUT2D eigenvalue weighted by atomic mass is 79.9. The zero-order valence-corrected chi connectivity index (χ0v) is 23.5. The highest BCUT2D eigenvalue weighted by Crippen LogP contribution is 2.36. The van der Waals surface area contributed by atoms with Gasteiger partial charge in [-0.3, -0.25) is 19.8 Å². The van der Waals surface area contributed by atoms with Gasteiger partial charge in [-0.2, -0.15) is 0 Å². The van der Waals surface area contributed by atoms with Crippen LogP contribution in [0.4, 0.5) is 11.4 Å². The zero-order chi connectivity index (χ0) is 27.2. The average molecular weight is 597 g/mol. The number of carbonyl (C=O) groups excluding carboxylic acids is 1. The molecule has 1 saturated heterocycles. The van der Waals surface area contributed by atoms with E-state index in [4.69, 9.17) is 14.5 Å². The topological polar surface area (TPSA) is 94.3 Å². The number of rotatable bonds is 9. The second kappa shape index (κ2) is 12.3. The molecule has 1 amide bonds. The molecule has 0 N–H and O–H groups in total. The summed E-state index contributed by atoms with van der Waals surface area (Å²) in [6, 6.07) is 19.3. The standard InChI is InChI=1S/C28H26BrN3O5S/c1-18(2)16-31-27(33)26(38-28(31)30-21-8-10-23(36-3)11-9-21)15-19-7-12-25(24(29)14-19)37-17-20-5-4-6-22(13-20)32(34)35/h4-15,18H,16-17H2,1-3H3. The van der Waals surface area contributed by atoms with Crippen molar-refractivity contribution >= 4 is 56.2 Å². The minimum absolute atomic E-state index is 0.0206. The van der Waals surface area contributed by atoms with Gasteiger partial charge in [0.15, 0.2) is 5.17 Å². The molecule has 0 radical (unpaired) electrons. The Balaban J connectivity index is 1.52. The van der Waals surface area contributed by atoms with Crippen molar-refractivity contribution in [2.24, 2.45) is 10.9 Å². The van der Waals surface area contributed by atoms with Crippen LogP contribution in [0.5, 0.6) is 11.5 Å². The molecule has 1 heterocycles. The molecule has 4 rings (SSSR count). The van der Waals surface area contributed by atoms with Crippen molar-refractivity contribution in [3.8, 4) is 11.5 Å². The fourth-order valence-corrected chi connectivity index (χ4v) is 5.20. The molecular weight excluding hydrogens is 570 g/mol. The number of nitro benzene ring substituents is 1. The lowest BCUT2D eigenvalue weighted by Gasteiger charge is -2.17. The maximum absolute atomic E-state index is 13.3. The number of nitrogens with zero attached hydrogens (tertiary/aromatic N) is 3. The summed E-state index contributed by atoms with van der Waals surface area (Å²) in [7, 11) is 1.61. The second-order valence-electron chi connectivity index (χ2n) is 8.92. The number of non-ortho nitro benzene ring substituents is 1. The Bertz CT molecular complexity index is 1410. The molecule has 0 bridgehead atoms. The molecule has 10 heteroatoms. The Hall–Kier alpha value is -3.63. The second-order valence-corrected chi connectivity index (χ2v) is 10.8. The molecule has 0 saturated carbocycles. The van der Waals surface area contributed by atoms with Gasteiger partial charge in [0.1, 0.15) is 18.1 Å². The van der Waals surface area contributed by atoms with Gasteiger partial charge in [-0.1, -0.05) is 32.0 Å². The minimum atomic E-state index is -0.431. The van der Waals surface area contributed by atoms with Crippen LogP contribution in [0.3, 0.4) is 0 Å². The van der Waals surface area contributed by atoms with E-state index in [1.807, 2.05) is 42.5 Å². The molecule has 0 unspecified atom stereocenters. The number of methoxy groups -OCH3 is 1. The van der Waals surface area contributed by atoms with Crippen LogP contribution in [0.15, 0.2) is 81.1 Å². The van der Waals surface area contributed by atoms with Crippen LogP contribution >= 0.6 is 27.7 Å². The normalized spacial score (nSPS) is 15.5.